The van der Waals surface area contributed by atoms with Crippen LogP contribution in [0.5, 0.6) is 0 Å². The van der Waals surface area contributed by atoms with Gasteiger partial charge in [0, 0.05) is 13.8 Å². The largest absolute Gasteiger partial charge is 0.806 e. The molecule has 0 atom stereocenters. The molecule has 24 heavy (non-hydrogen) atoms. The highest BCUT2D eigenvalue weighted by Gasteiger charge is 2.65. The van der Waals surface area contributed by atoms with E-state index in [1.807, 2.05) is 26.9 Å². The Bertz CT molecular complexity index is 475. The molecule has 1 fully saturated rings. The number of rotatable bonds is 4. The Morgan fingerprint density at radius 1 is 0.750 bits per heavy atom. The van der Waals surface area contributed by atoms with Gasteiger partial charge in [0.25, 0.3) is 11.9 Å². The molecule has 1 aliphatic heterocycles. The number of hydrogen-bond acceptors (Lipinski definition) is 8. The normalized spacial score (nSPS) is 24.3. The molecular formula is C12H28O8Si4. The highest BCUT2D eigenvalue weighted by atomic mass is 28.5. The van der Waals surface area contributed by atoms with Crippen LogP contribution in [0.15, 0.2) is 0 Å². The maximum Gasteiger partial charge on any atom is 0.806 e. The molecule has 1 rings (SSSR count). The average Bonchev–Trinajstić information content (AvgIpc) is 2.31. The Hall–Kier alpha value is -0.352. The van der Waals surface area contributed by atoms with Crippen LogP contribution in [-0.2, 0) is 34.9 Å². The van der Waals surface area contributed by atoms with E-state index in [1.54, 1.807) is 13.1 Å². The fourth-order valence-electron chi connectivity index (χ4n) is 2.65. The second kappa shape index (κ2) is 7.49. The van der Waals surface area contributed by atoms with Gasteiger partial charge in [-0.05, 0) is 38.3 Å². The molecule has 140 valence electrons. The molecule has 0 radical (unpaired) electrons. The minimum atomic E-state index is -4.07. The Labute approximate surface area is 148 Å². The molecule has 0 bridgehead atoms. The lowest BCUT2D eigenvalue weighted by molar-refractivity contribution is -0.146. The highest BCUT2D eigenvalue weighted by molar-refractivity contribution is 6.91. The molecule has 0 amide bonds. The quantitative estimate of drug-likeness (QED) is 0.651. The third-order valence-electron chi connectivity index (χ3n) is 3.22. The first-order valence-electron chi connectivity index (χ1n) is 7.98. The first kappa shape index (κ1) is 21.7. The van der Waals surface area contributed by atoms with Crippen molar-refractivity contribution in [2.45, 2.75) is 66.0 Å². The zero-order chi connectivity index (χ0) is 18.8. The van der Waals surface area contributed by atoms with Crippen molar-refractivity contribution in [3.05, 3.63) is 0 Å². The fourth-order valence-corrected chi connectivity index (χ4v) is 21.6. The van der Waals surface area contributed by atoms with Crippen LogP contribution in [0.1, 0.15) is 27.7 Å². The Morgan fingerprint density at radius 3 is 1.54 bits per heavy atom. The number of carbonyl (C=O) groups is 2. The first-order chi connectivity index (χ1) is 10.8. The maximum atomic E-state index is 11.6. The number of carbonyl (C=O) groups excluding carboxylic acids is 2. The monoisotopic (exact) mass is 412 g/mol. The zero-order valence-corrected chi connectivity index (χ0v) is 19.7. The Kier molecular flexibility index (Phi) is 6.77. The molecular weight excluding hydrogens is 384 g/mol. The van der Waals surface area contributed by atoms with E-state index in [1.165, 1.54) is 13.8 Å². The van der Waals surface area contributed by atoms with Gasteiger partial charge in [0.2, 0.25) is 0 Å². The first-order valence-corrected chi connectivity index (χ1v) is 17.5. The van der Waals surface area contributed by atoms with E-state index in [2.05, 4.69) is 0 Å². The van der Waals surface area contributed by atoms with Gasteiger partial charge in [-0.2, -0.15) is 0 Å². The van der Waals surface area contributed by atoms with Crippen molar-refractivity contribution in [3.63, 3.8) is 0 Å². The van der Waals surface area contributed by atoms with Gasteiger partial charge in [0.05, 0.1) is 0 Å². The molecule has 1 aliphatic rings. The summed E-state index contributed by atoms with van der Waals surface area (Å²) in [7, 11) is -12.2. The van der Waals surface area contributed by atoms with Crippen molar-refractivity contribution in [2.75, 3.05) is 0 Å². The van der Waals surface area contributed by atoms with Crippen molar-refractivity contribution >= 4 is 46.7 Å². The molecule has 0 aromatic heterocycles. The van der Waals surface area contributed by atoms with Crippen molar-refractivity contribution in [1.82, 2.24) is 0 Å². The summed E-state index contributed by atoms with van der Waals surface area (Å²) in [6, 6.07) is 1.18. The van der Waals surface area contributed by atoms with Crippen LogP contribution in [0.4, 0.5) is 0 Å². The molecule has 12 heteroatoms. The third kappa shape index (κ3) is 5.87. The predicted octanol–water partition coefficient (Wildman–Crippen LogP) is 2.51. The standard InChI is InChI=1S/C12H28O8Si4/c1-9-23(10-2)18-21(5,6)17-22(7,8)19-24(20-23,15-11(3)13)16-12(4)14/h9-10H2,1-8H3. The van der Waals surface area contributed by atoms with Gasteiger partial charge in [0.15, 0.2) is 0 Å². The van der Waals surface area contributed by atoms with E-state index < -0.39 is 46.7 Å². The van der Waals surface area contributed by atoms with Gasteiger partial charge < -0.3 is 25.3 Å². The van der Waals surface area contributed by atoms with Crippen LogP contribution in [0, 0.1) is 0 Å². The predicted molar refractivity (Wildman–Crippen MR) is 95.3 cm³/mol. The van der Waals surface area contributed by atoms with Gasteiger partial charge in [-0.15, -0.1) is 0 Å². The summed E-state index contributed by atoms with van der Waals surface area (Å²) < 4.78 is 35.4. The van der Waals surface area contributed by atoms with Gasteiger partial charge in [-0.3, -0.25) is 9.59 Å². The molecule has 0 unspecified atom stereocenters. The SMILES string of the molecule is CC[Si]1(CC)O[Si](C)(C)O[Si](C)(C)O[Si](OC(C)=O)(OC(C)=O)O1. The van der Waals surface area contributed by atoms with Crippen LogP contribution < -0.4 is 0 Å². The van der Waals surface area contributed by atoms with Crippen molar-refractivity contribution in [2.24, 2.45) is 0 Å². The van der Waals surface area contributed by atoms with Crippen LogP contribution in [-0.4, -0.2) is 46.7 Å². The highest BCUT2D eigenvalue weighted by Crippen LogP contribution is 2.35. The fraction of sp³-hybridized carbons (Fsp3) is 0.833. The van der Waals surface area contributed by atoms with Crippen molar-refractivity contribution in [3.8, 4) is 0 Å². The molecule has 0 aromatic carbocycles. The lowest BCUT2D eigenvalue weighted by Crippen LogP contribution is -2.69. The van der Waals surface area contributed by atoms with Gasteiger partial charge in [0.1, 0.15) is 0 Å². The van der Waals surface area contributed by atoms with Crippen LogP contribution in [0.25, 0.3) is 0 Å². The minimum Gasteiger partial charge on any atom is -0.443 e. The lowest BCUT2D eigenvalue weighted by Gasteiger charge is -2.46. The maximum absolute atomic E-state index is 11.6. The van der Waals surface area contributed by atoms with E-state index in [0.717, 1.165) is 0 Å². The smallest absolute Gasteiger partial charge is 0.443 e. The summed E-state index contributed by atoms with van der Waals surface area (Å²) in [6.07, 6.45) is 0. The van der Waals surface area contributed by atoms with Crippen LogP contribution >= 0.6 is 0 Å². The molecule has 0 aliphatic carbocycles. The minimum absolute atomic E-state index is 0.589. The van der Waals surface area contributed by atoms with Gasteiger partial charge in [-0.1, -0.05) is 13.8 Å². The molecule has 0 N–H and O–H groups in total. The molecule has 1 heterocycles. The summed E-state index contributed by atoms with van der Waals surface area (Å²) in [6.45, 7) is 13.8. The van der Waals surface area contributed by atoms with E-state index in [-0.39, 0.29) is 0 Å². The summed E-state index contributed by atoms with van der Waals surface area (Å²) in [5, 5.41) is 0. The topological polar surface area (TPSA) is 89.5 Å². The summed E-state index contributed by atoms with van der Waals surface area (Å²) in [4.78, 5) is 23.3. The second-order valence-electron chi connectivity index (χ2n) is 6.51. The van der Waals surface area contributed by atoms with Crippen molar-refractivity contribution < 1.29 is 34.9 Å². The summed E-state index contributed by atoms with van der Waals surface area (Å²) in [5.41, 5.74) is 0. The van der Waals surface area contributed by atoms with E-state index in [9.17, 15) is 9.59 Å². The average molecular weight is 413 g/mol. The van der Waals surface area contributed by atoms with E-state index >= 15 is 0 Å². The number of hydrogen-bond donors (Lipinski definition) is 0. The lowest BCUT2D eigenvalue weighted by atomic mass is 10.9. The molecule has 8 nitrogen and oxygen atoms in total. The zero-order valence-electron chi connectivity index (χ0n) is 15.7. The van der Waals surface area contributed by atoms with Gasteiger partial charge >= 0.3 is 34.7 Å². The molecule has 0 spiro atoms. The van der Waals surface area contributed by atoms with Gasteiger partial charge in [-0.25, -0.2) is 0 Å². The van der Waals surface area contributed by atoms with E-state index in [4.69, 9.17) is 25.3 Å². The molecule has 0 aromatic rings. The Morgan fingerprint density at radius 2 is 1.17 bits per heavy atom. The van der Waals surface area contributed by atoms with E-state index in [0.29, 0.717) is 12.1 Å². The molecule has 0 saturated carbocycles. The second-order valence-corrected chi connectivity index (χ2v) is 20.0. The summed E-state index contributed by atoms with van der Waals surface area (Å²) in [5.74, 6) is -1.28. The van der Waals surface area contributed by atoms with Crippen molar-refractivity contribution in [1.29, 1.82) is 0 Å². The van der Waals surface area contributed by atoms with Crippen LogP contribution in [0.3, 0.4) is 0 Å². The Balaban J connectivity index is 3.42. The third-order valence-corrected chi connectivity index (χ3v) is 19.3. The van der Waals surface area contributed by atoms with Crippen LogP contribution in [0.2, 0.25) is 38.3 Å². The molecule has 1 saturated heterocycles. The summed E-state index contributed by atoms with van der Waals surface area (Å²) >= 11 is 0.